The van der Waals surface area contributed by atoms with Crippen LogP contribution in [0.15, 0.2) is 50.4 Å². The maximum Gasteiger partial charge on any atom is 0.331 e. The monoisotopic (exact) mass is 313 g/mol. The van der Waals surface area contributed by atoms with E-state index in [9.17, 15) is 14.9 Å². The second-order valence-electron chi connectivity index (χ2n) is 4.64. The van der Waals surface area contributed by atoms with E-state index in [-0.39, 0.29) is 10.6 Å². The molecule has 3 aromatic heterocycles. The summed E-state index contributed by atoms with van der Waals surface area (Å²) in [5, 5.41) is 10.1. The zero-order valence-electron chi connectivity index (χ0n) is 11.8. The lowest BCUT2D eigenvalue weighted by molar-refractivity contribution is 0.630. The fourth-order valence-corrected chi connectivity index (χ4v) is 3.12. The summed E-state index contributed by atoms with van der Waals surface area (Å²) in [4.78, 5) is 28.4. The van der Waals surface area contributed by atoms with E-state index in [4.69, 9.17) is 0 Å². The van der Waals surface area contributed by atoms with Crippen LogP contribution in [-0.4, -0.2) is 18.5 Å². The van der Waals surface area contributed by atoms with Gasteiger partial charge in [0.1, 0.15) is 16.7 Å². The Bertz CT molecular complexity index is 1040. The molecule has 0 radical (unpaired) electrons. The highest BCUT2D eigenvalue weighted by molar-refractivity contribution is 7.99. The highest BCUT2D eigenvalue weighted by atomic mass is 32.2. The number of rotatable bonds is 2. The third-order valence-corrected chi connectivity index (χ3v) is 4.47. The van der Waals surface area contributed by atoms with E-state index in [1.807, 2.05) is 34.9 Å². The maximum absolute atomic E-state index is 12.1. The van der Waals surface area contributed by atoms with E-state index < -0.39 is 11.2 Å². The zero-order valence-corrected chi connectivity index (χ0v) is 12.7. The van der Waals surface area contributed by atoms with Crippen molar-refractivity contribution in [3.05, 3.63) is 57.0 Å². The molecule has 0 atom stereocenters. The second kappa shape index (κ2) is 5.20. The summed E-state index contributed by atoms with van der Waals surface area (Å²) >= 11 is 1.12. The van der Waals surface area contributed by atoms with Gasteiger partial charge in [-0.25, -0.2) is 9.78 Å². The molecule has 0 saturated carbocycles. The minimum absolute atomic E-state index is 0.0673. The van der Waals surface area contributed by atoms with Gasteiger partial charge in [0.15, 0.2) is 5.16 Å². The first-order valence-corrected chi connectivity index (χ1v) is 7.16. The van der Waals surface area contributed by atoms with E-state index in [1.54, 1.807) is 6.20 Å². The first-order chi connectivity index (χ1) is 10.5. The van der Waals surface area contributed by atoms with Crippen molar-refractivity contribution in [1.29, 1.82) is 5.26 Å². The van der Waals surface area contributed by atoms with Crippen molar-refractivity contribution in [2.75, 3.05) is 0 Å². The van der Waals surface area contributed by atoms with Gasteiger partial charge in [-0.05, 0) is 23.9 Å². The number of nitrogens with zero attached hydrogens (tertiary/aromatic N) is 5. The summed E-state index contributed by atoms with van der Waals surface area (Å²) < 4.78 is 4.04. The SMILES string of the molecule is Cn1c(Sc2ncc3ccccn23)c(C#N)c(=O)n(C)c1=O. The molecule has 0 spiro atoms. The summed E-state index contributed by atoms with van der Waals surface area (Å²) in [6.45, 7) is 0. The number of imidazole rings is 1. The Kier molecular flexibility index (Phi) is 3.35. The summed E-state index contributed by atoms with van der Waals surface area (Å²) in [6, 6.07) is 7.52. The van der Waals surface area contributed by atoms with Gasteiger partial charge in [-0.15, -0.1) is 0 Å². The third-order valence-electron chi connectivity index (χ3n) is 3.32. The van der Waals surface area contributed by atoms with E-state index in [0.717, 1.165) is 21.8 Å². The van der Waals surface area contributed by atoms with Gasteiger partial charge in [0.25, 0.3) is 5.56 Å². The van der Waals surface area contributed by atoms with E-state index >= 15 is 0 Å². The van der Waals surface area contributed by atoms with Crippen LogP contribution in [0.2, 0.25) is 0 Å². The first-order valence-electron chi connectivity index (χ1n) is 6.34. The van der Waals surface area contributed by atoms with Crippen LogP contribution >= 0.6 is 11.8 Å². The molecule has 0 aliphatic heterocycles. The highest BCUT2D eigenvalue weighted by Crippen LogP contribution is 2.27. The van der Waals surface area contributed by atoms with Crippen molar-refractivity contribution < 1.29 is 0 Å². The Hall–Kier alpha value is -2.79. The van der Waals surface area contributed by atoms with Crippen molar-refractivity contribution in [2.45, 2.75) is 10.2 Å². The minimum Gasteiger partial charge on any atom is -0.295 e. The van der Waals surface area contributed by atoms with Gasteiger partial charge in [0.05, 0.1) is 11.7 Å². The minimum atomic E-state index is -0.603. The fraction of sp³-hybridized carbons (Fsp3) is 0.143. The average Bonchev–Trinajstić information content (AvgIpc) is 2.94. The number of fused-ring (bicyclic) bond motifs is 1. The zero-order chi connectivity index (χ0) is 15.9. The molecule has 0 fully saturated rings. The molecule has 0 aromatic carbocycles. The molecule has 8 heteroatoms. The topological polar surface area (TPSA) is 85.1 Å². The van der Waals surface area contributed by atoms with Crippen molar-refractivity contribution >= 4 is 17.3 Å². The van der Waals surface area contributed by atoms with Crippen LogP contribution < -0.4 is 11.2 Å². The van der Waals surface area contributed by atoms with Crippen LogP contribution in [0.4, 0.5) is 0 Å². The normalized spacial score (nSPS) is 10.8. The molecule has 3 aromatic rings. The predicted molar refractivity (Wildman–Crippen MR) is 81.0 cm³/mol. The molecule has 0 N–H and O–H groups in total. The molecule has 0 aliphatic carbocycles. The molecular formula is C14H11N5O2S. The van der Waals surface area contributed by atoms with Crippen molar-refractivity contribution in [3.8, 4) is 6.07 Å². The second-order valence-corrected chi connectivity index (χ2v) is 5.59. The van der Waals surface area contributed by atoms with E-state index in [1.165, 1.54) is 18.7 Å². The maximum atomic E-state index is 12.1. The lowest BCUT2D eigenvalue weighted by Crippen LogP contribution is -2.39. The van der Waals surface area contributed by atoms with Crippen LogP contribution in [-0.2, 0) is 14.1 Å². The molecule has 22 heavy (non-hydrogen) atoms. The lowest BCUT2D eigenvalue weighted by Gasteiger charge is -2.10. The molecule has 7 nitrogen and oxygen atoms in total. The average molecular weight is 313 g/mol. The summed E-state index contributed by atoms with van der Waals surface area (Å²) in [7, 11) is 2.88. The van der Waals surface area contributed by atoms with E-state index in [2.05, 4.69) is 4.98 Å². The first kappa shape index (κ1) is 14.2. The predicted octanol–water partition coefficient (Wildman–Crippen LogP) is 0.755. The molecular weight excluding hydrogens is 302 g/mol. The molecule has 3 rings (SSSR count). The molecule has 0 aliphatic rings. The van der Waals surface area contributed by atoms with Crippen LogP contribution in [0.25, 0.3) is 5.52 Å². The molecule has 0 unspecified atom stereocenters. The Morgan fingerprint density at radius 3 is 2.73 bits per heavy atom. The van der Waals surface area contributed by atoms with Gasteiger partial charge in [0, 0.05) is 20.3 Å². The largest absolute Gasteiger partial charge is 0.331 e. The Morgan fingerprint density at radius 2 is 2.00 bits per heavy atom. The molecule has 0 saturated heterocycles. The Morgan fingerprint density at radius 1 is 1.23 bits per heavy atom. The van der Waals surface area contributed by atoms with Crippen LogP contribution in [0.3, 0.4) is 0 Å². The Labute approximate surface area is 129 Å². The number of nitriles is 1. The number of hydrogen-bond donors (Lipinski definition) is 0. The Balaban J connectivity index is 2.24. The fourth-order valence-electron chi connectivity index (χ4n) is 2.12. The molecule has 3 heterocycles. The smallest absolute Gasteiger partial charge is 0.295 e. The number of aromatic nitrogens is 4. The van der Waals surface area contributed by atoms with Crippen molar-refractivity contribution in [3.63, 3.8) is 0 Å². The number of pyridine rings is 1. The summed E-state index contributed by atoms with van der Waals surface area (Å²) in [5.74, 6) is 0. The van der Waals surface area contributed by atoms with Crippen molar-refractivity contribution in [2.24, 2.45) is 14.1 Å². The van der Waals surface area contributed by atoms with Crippen molar-refractivity contribution in [1.82, 2.24) is 18.5 Å². The van der Waals surface area contributed by atoms with E-state index in [0.29, 0.717) is 5.16 Å². The summed E-state index contributed by atoms with van der Waals surface area (Å²) in [6.07, 6.45) is 3.52. The van der Waals surface area contributed by atoms with Gasteiger partial charge in [-0.3, -0.25) is 18.3 Å². The quantitative estimate of drug-likeness (QED) is 0.652. The van der Waals surface area contributed by atoms with Crippen LogP contribution in [0.1, 0.15) is 5.56 Å². The third kappa shape index (κ3) is 2.03. The highest BCUT2D eigenvalue weighted by Gasteiger charge is 2.18. The van der Waals surface area contributed by atoms with Gasteiger partial charge in [0.2, 0.25) is 0 Å². The van der Waals surface area contributed by atoms with Gasteiger partial charge >= 0.3 is 5.69 Å². The van der Waals surface area contributed by atoms with Gasteiger partial charge in [-0.2, -0.15) is 5.26 Å². The lowest BCUT2D eigenvalue weighted by atomic mass is 10.3. The van der Waals surface area contributed by atoms with Gasteiger partial charge in [-0.1, -0.05) is 6.07 Å². The molecule has 110 valence electrons. The number of hydrogen-bond acceptors (Lipinski definition) is 5. The standard InChI is InChI=1S/C14H11N5O2S/c1-17-11(20)10(7-15)12(18(2)14(17)21)22-13-16-8-9-5-3-4-6-19(9)13/h3-6,8H,1-2H3. The molecule has 0 amide bonds. The van der Waals surface area contributed by atoms with Gasteiger partial charge < -0.3 is 0 Å². The summed E-state index contributed by atoms with van der Waals surface area (Å²) in [5.41, 5.74) is -0.263. The van der Waals surface area contributed by atoms with Crippen LogP contribution in [0, 0.1) is 11.3 Å². The molecule has 0 bridgehead atoms. The van der Waals surface area contributed by atoms with Crippen LogP contribution in [0.5, 0.6) is 0 Å².